The first-order valence-electron chi connectivity index (χ1n) is 7.38. The van der Waals surface area contributed by atoms with Crippen LogP contribution in [0.25, 0.3) is 0 Å². The molecule has 0 bridgehead atoms. The molecule has 4 heteroatoms. The van der Waals surface area contributed by atoms with E-state index in [9.17, 15) is 4.39 Å². The molecule has 0 aliphatic heterocycles. The number of halogens is 1. The first kappa shape index (κ1) is 16.9. The van der Waals surface area contributed by atoms with Gasteiger partial charge in [0.1, 0.15) is 5.82 Å². The van der Waals surface area contributed by atoms with Crippen molar-refractivity contribution in [1.82, 2.24) is 4.90 Å². The van der Waals surface area contributed by atoms with E-state index in [0.717, 1.165) is 37.3 Å². The second kappa shape index (κ2) is 8.22. The lowest BCUT2D eigenvalue weighted by atomic mass is 10.0. The van der Waals surface area contributed by atoms with E-state index in [0.29, 0.717) is 6.42 Å². The lowest BCUT2D eigenvalue weighted by Crippen LogP contribution is -2.34. The average Bonchev–Trinajstić information content (AvgIpc) is 2.34. The van der Waals surface area contributed by atoms with Crippen molar-refractivity contribution >= 4 is 5.69 Å². The Bertz CT molecular complexity index is 405. The maximum Gasteiger partial charge on any atom is 0.146 e. The van der Waals surface area contributed by atoms with Gasteiger partial charge in [0.25, 0.3) is 0 Å². The number of hydrogen-bond acceptors (Lipinski definition) is 3. The lowest BCUT2D eigenvalue weighted by Gasteiger charge is -2.29. The zero-order chi connectivity index (χ0) is 15.1. The van der Waals surface area contributed by atoms with Crippen LogP contribution >= 0.6 is 0 Å². The van der Waals surface area contributed by atoms with Gasteiger partial charge in [-0.05, 0) is 45.5 Å². The van der Waals surface area contributed by atoms with Crippen LogP contribution in [0.1, 0.15) is 25.8 Å². The molecule has 3 nitrogen and oxygen atoms in total. The number of rotatable bonds is 8. The third kappa shape index (κ3) is 5.10. The summed E-state index contributed by atoms with van der Waals surface area (Å²) in [5.74, 6) is -0.143. The quantitative estimate of drug-likeness (QED) is 0.794. The summed E-state index contributed by atoms with van der Waals surface area (Å²) >= 11 is 0. The van der Waals surface area contributed by atoms with Crippen LogP contribution in [-0.2, 0) is 6.42 Å². The predicted octanol–water partition coefficient (Wildman–Crippen LogP) is 2.49. The molecule has 0 aliphatic carbocycles. The molecule has 0 saturated carbocycles. The predicted molar refractivity (Wildman–Crippen MR) is 84.8 cm³/mol. The zero-order valence-electron chi connectivity index (χ0n) is 13.2. The Morgan fingerprint density at radius 1 is 1.20 bits per heavy atom. The maximum atomic E-state index is 14.3. The SMILES string of the molecule is CCCN(CCN(C)C)c1c(F)cccc1CC(C)N. The Balaban J connectivity index is 3.03. The van der Waals surface area contributed by atoms with E-state index >= 15 is 0 Å². The van der Waals surface area contributed by atoms with Crippen LogP contribution in [0.5, 0.6) is 0 Å². The van der Waals surface area contributed by atoms with Gasteiger partial charge in [0.05, 0.1) is 5.69 Å². The van der Waals surface area contributed by atoms with E-state index in [2.05, 4.69) is 16.7 Å². The molecule has 0 spiro atoms. The fourth-order valence-corrected chi connectivity index (χ4v) is 2.35. The molecule has 0 aromatic heterocycles. The van der Waals surface area contributed by atoms with Gasteiger partial charge >= 0.3 is 0 Å². The summed E-state index contributed by atoms with van der Waals surface area (Å²) in [5.41, 5.74) is 7.63. The molecule has 114 valence electrons. The van der Waals surface area contributed by atoms with Crippen molar-refractivity contribution in [3.8, 4) is 0 Å². The van der Waals surface area contributed by atoms with Crippen molar-refractivity contribution in [1.29, 1.82) is 0 Å². The number of hydrogen-bond donors (Lipinski definition) is 1. The topological polar surface area (TPSA) is 32.5 Å². The van der Waals surface area contributed by atoms with Gasteiger partial charge in [-0.15, -0.1) is 0 Å². The molecule has 1 aromatic rings. The van der Waals surface area contributed by atoms with Crippen molar-refractivity contribution < 1.29 is 4.39 Å². The fraction of sp³-hybridized carbons (Fsp3) is 0.625. The largest absolute Gasteiger partial charge is 0.368 e. The van der Waals surface area contributed by atoms with Gasteiger partial charge in [0.2, 0.25) is 0 Å². The summed E-state index contributed by atoms with van der Waals surface area (Å²) in [4.78, 5) is 4.27. The van der Waals surface area contributed by atoms with Crippen LogP contribution in [0.15, 0.2) is 18.2 Å². The molecule has 0 aliphatic rings. The molecular weight excluding hydrogens is 253 g/mol. The summed E-state index contributed by atoms with van der Waals surface area (Å²) in [6.07, 6.45) is 1.70. The minimum Gasteiger partial charge on any atom is -0.368 e. The number of anilines is 1. The first-order chi connectivity index (χ1) is 9.45. The third-order valence-electron chi connectivity index (χ3n) is 3.24. The van der Waals surface area contributed by atoms with Crippen LogP contribution in [-0.4, -0.2) is 44.7 Å². The molecule has 1 aromatic carbocycles. The number of nitrogens with two attached hydrogens (primary N) is 1. The van der Waals surface area contributed by atoms with E-state index in [1.54, 1.807) is 12.1 Å². The molecule has 1 rings (SSSR count). The number of nitrogens with zero attached hydrogens (tertiary/aromatic N) is 2. The van der Waals surface area contributed by atoms with E-state index in [4.69, 9.17) is 5.73 Å². The minimum absolute atomic E-state index is 0.0351. The van der Waals surface area contributed by atoms with Crippen LogP contribution in [0, 0.1) is 5.82 Å². The average molecular weight is 281 g/mol. The smallest absolute Gasteiger partial charge is 0.146 e. The molecule has 2 N–H and O–H groups in total. The molecular formula is C16H28FN3. The van der Waals surface area contributed by atoms with Gasteiger partial charge in [0.15, 0.2) is 0 Å². The van der Waals surface area contributed by atoms with Gasteiger partial charge in [-0.1, -0.05) is 19.1 Å². The third-order valence-corrected chi connectivity index (χ3v) is 3.24. The van der Waals surface area contributed by atoms with Gasteiger partial charge in [0, 0.05) is 25.7 Å². The molecule has 0 amide bonds. The molecule has 1 unspecified atom stereocenters. The standard InChI is InChI=1S/C16H28FN3/c1-5-9-20(11-10-19(3)4)16-14(12-13(2)18)7-6-8-15(16)17/h6-8,13H,5,9-12,18H2,1-4H3. The van der Waals surface area contributed by atoms with Crippen molar-refractivity contribution in [2.45, 2.75) is 32.7 Å². The second-order valence-corrected chi connectivity index (χ2v) is 5.72. The first-order valence-corrected chi connectivity index (χ1v) is 7.38. The number of para-hydroxylation sites is 1. The van der Waals surface area contributed by atoms with Gasteiger partial charge < -0.3 is 15.5 Å². The minimum atomic E-state index is -0.143. The highest BCUT2D eigenvalue weighted by molar-refractivity contribution is 5.55. The summed E-state index contributed by atoms with van der Waals surface area (Å²) in [6, 6.07) is 5.33. The van der Waals surface area contributed by atoms with E-state index in [-0.39, 0.29) is 11.9 Å². The van der Waals surface area contributed by atoms with Crippen LogP contribution in [0.4, 0.5) is 10.1 Å². The maximum absolute atomic E-state index is 14.3. The number of benzene rings is 1. The highest BCUT2D eigenvalue weighted by Gasteiger charge is 2.16. The van der Waals surface area contributed by atoms with Crippen LogP contribution in [0.2, 0.25) is 0 Å². The van der Waals surface area contributed by atoms with Crippen LogP contribution < -0.4 is 10.6 Å². The van der Waals surface area contributed by atoms with Gasteiger partial charge in [-0.3, -0.25) is 0 Å². The highest BCUT2D eigenvalue weighted by Crippen LogP contribution is 2.25. The van der Waals surface area contributed by atoms with Crippen molar-refractivity contribution in [3.63, 3.8) is 0 Å². The molecule has 0 heterocycles. The molecule has 0 radical (unpaired) electrons. The van der Waals surface area contributed by atoms with Crippen molar-refractivity contribution in [2.75, 3.05) is 38.6 Å². The Labute approximate surface area is 122 Å². The summed E-state index contributed by atoms with van der Waals surface area (Å²) in [6.45, 7) is 6.67. The van der Waals surface area contributed by atoms with Crippen molar-refractivity contribution in [2.24, 2.45) is 5.73 Å². The Kier molecular flexibility index (Phi) is 6.96. The monoisotopic (exact) mass is 281 g/mol. The number of likely N-dealkylation sites (N-methyl/N-ethyl adjacent to an activating group) is 1. The molecule has 20 heavy (non-hydrogen) atoms. The Hall–Kier alpha value is -1.13. The molecule has 1 atom stereocenters. The molecule has 0 fully saturated rings. The fourth-order valence-electron chi connectivity index (χ4n) is 2.35. The summed E-state index contributed by atoms with van der Waals surface area (Å²) in [5, 5.41) is 0. The second-order valence-electron chi connectivity index (χ2n) is 5.72. The summed E-state index contributed by atoms with van der Waals surface area (Å²) < 4.78 is 14.3. The van der Waals surface area contributed by atoms with Gasteiger partial charge in [-0.25, -0.2) is 4.39 Å². The van der Waals surface area contributed by atoms with E-state index in [1.807, 2.05) is 27.1 Å². The van der Waals surface area contributed by atoms with Crippen molar-refractivity contribution in [3.05, 3.63) is 29.6 Å². The normalized spacial score (nSPS) is 12.8. The van der Waals surface area contributed by atoms with E-state index < -0.39 is 0 Å². The zero-order valence-corrected chi connectivity index (χ0v) is 13.2. The van der Waals surface area contributed by atoms with E-state index in [1.165, 1.54) is 0 Å². The lowest BCUT2D eigenvalue weighted by molar-refractivity contribution is 0.411. The Morgan fingerprint density at radius 2 is 1.90 bits per heavy atom. The molecule has 0 saturated heterocycles. The Morgan fingerprint density at radius 3 is 2.45 bits per heavy atom. The van der Waals surface area contributed by atoms with Gasteiger partial charge in [-0.2, -0.15) is 0 Å². The van der Waals surface area contributed by atoms with Crippen LogP contribution in [0.3, 0.4) is 0 Å². The summed E-state index contributed by atoms with van der Waals surface area (Å²) in [7, 11) is 4.07. The highest BCUT2D eigenvalue weighted by atomic mass is 19.1.